The van der Waals surface area contributed by atoms with Crippen LogP contribution in [0.4, 0.5) is 0 Å². The lowest BCUT2D eigenvalue weighted by Gasteiger charge is -2.45. The SMILES string of the molecule is CC(C)(C)C(=O)C1CCC(C2CCCCC2)N1C(C)(C)C. The molecule has 2 heteroatoms. The maximum atomic E-state index is 12.9. The Hall–Kier alpha value is -0.370. The first-order valence-electron chi connectivity index (χ1n) is 8.95. The van der Waals surface area contributed by atoms with Crippen molar-refractivity contribution in [3.05, 3.63) is 0 Å². The van der Waals surface area contributed by atoms with Gasteiger partial charge in [-0.05, 0) is 52.4 Å². The topological polar surface area (TPSA) is 20.3 Å². The Kier molecular flexibility index (Phi) is 4.87. The molecule has 0 radical (unpaired) electrons. The molecule has 1 saturated carbocycles. The second kappa shape index (κ2) is 6.02. The number of carbonyl (C=O) groups is 1. The monoisotopic (exact) mass is 293 g/mol. The molecule has 21 heavy (non-hydrogen) atoms. The van der Waals surface area contributed by atoms with Gasteiger partial charge in [-0.2, -0.15) is 0 Å². The van der Waals surface area contributed by atoms with Gasteiger partial charge in [-0.3, -0.25) is 9.69 Å². The molecule has 0 aromatic rings. The fourth-order valence-corrected chi connectivity index (χ4v) is 4.54. The zero-order valence-corrected chi connectivity index (χ0v) is 15.0. The first-order valence-corrected chi connectivity index (χ1v) is 8.95. The van der Waals surface area contributed by atoms with Gasteiger partial charge in [-0.1, -0.05) is 40.0 Å². The molecule has 0 aromatic carbocycles. The van der Waals surface area contributed by atoms with E-state index in [1.807, 2.05) is 0 Å². The molecule has 2 rings (SSSR count). The summed E-state index contributed by atoms with van der Waals surface area (Å²) in [5.41, 5.74) is -0.139. The Balaban J connectivity index is 2.22. The first-order chi connectivity index (χ1) is 9.62. The van der Waals surface area contributed by atoms with Gasteiger partial charge in [0.15, 0.2) is 5.78 Å². The summed E-state index contributed by atoms with van der Waals surface area (Å²) in [4.78, 5) is 15.5. The Morgan fingerprint density at radius 2 is 1.43 bits per heavy atom. The highest BCUT2D eigenvalue weighted by molar-refractivity contribution is 5.89. The lowest BCUT2D eigenvalue weighted by Crippen LogP contribution is -2.55. The molecular formula is C19H35NO. The summed E-state index contributed by atoms with van der Waals surface area (Å²) in [6, 6.07) is 0.763. The standard InChI is InChI=1S/C19H35NO/c1-18(2,3)17(21)16-13-12-15(20(16)19(4,5)6)14-10-8-7-9-11-14/h14-16H,7-13H2,1-6H3. The van der Waals surface area contributed by atoms with Crippen LogP contribution in [0.25, 0.3) is 0 Å². The quantitative estimate of drug-likeness (QED) is 0.728. The predicted octanol–water partition coefficient (Wildman–Crippen LogP) is 4.81. The van der Waals surface area contributed by atoms with E-state index in [1.165, 1.54) is 38.5 Å². The molecule has 1 aliphatic heterocycles. The summed E-state index contributed by atoms with van der Waals surface area (Å²) in [6.45, 7) is 13.1. The number of hydrogen-bond donors (Lipinski definition) is 0. The molecule has 2 unspecified atom stereocenters. The second-order valence-corrected chi connectivity index (χ2v) is 9.25. The van der Waals surface area contributed by atoms with Crippen molar-refractivity contribution in [1.29, 1.82) is 0 Å². The van der Waals surface area contributed by atoms with Gasteiger partial charge in [0, 0.05) is 17.0 Å². The third-order valence-corrected chi connectivity index (χ3v) is 5.44. The van der Waals surface area contributed by atoms with Crippen molar-refractivity contribution < 1.29 is 4.79 Å². The van der Waals surface area contributed by atoms with Crippen LogP contribution < -0.4 is 0 Å². The minimum atomic E-state index is -0.227. The number of nitrogens with zero attached hydrogens (tertiary/aromatic N) is 1. The Morgan fingerprint density at radius 3 is 1.90 bits per heavy atom. The second-order valence-electron chi connectivity index (χ2n) is 9.25. The van der Waals surface area contributed by atoms with Crippen LogP contribution >= 0.6 is 0 Å². The van der Waals surface area contributed by atoms with E-state index in [0.29, 0.717) is 11.8 Å². The van der Waals surface area contributed by atoms with Gasteiger partial charge in [0.2, 0.25) is 0 Å². The molecule has 1 aliphatic carbocycles. The van der Waals surface area contributed by atoms with Crippen LogP contribution in [0, 0.1) is 11.3 Å². The van der Waals surface area contributed by atoms with Crippen molar-refractivity contribution in [2.45, 2.75) is 104 Å². The van der Waals surface area contributed by atoms with E-state index in [2.05, 4.69) is 46.4 Å². The van der Waals surface area contributed by atoms with Crippen LogP contribution in [-0.2, 0) is 4.79 Å². The smallest absolute Gasteiger partial charge is 0.155 e. The van der Waals surface area contributed by atoms with Gasteiger partial charge < -0.3 is 0 Å². The molecule has 1 heterocycles. The minimum absolute atomic E-state index is 0.0875. The number of hydrogen-bond acceptors (Lipinski definition) is 2. The van der Waals surface area contributed by atoms with E-state index in [1.54, 1.807) is 0 Å². The van der Waals surface area contributed by atoms with E-state index in [-0.39, 0.29) is 17.0 Å². The van der Waals surface area contributed by atoms with Gasteiger partial charge in [-0.25, -0.2) is 0 Å². The zero-order chi connectivity index (χ0) is 15.8. The molecule has 2 atom stereocenters. The van der Waals surface area contributed by atoms with Crippen LogP contribution in [0.15, 0.2) is 0 Å². The van der Waals surface area contributed by atoms with Crippen molar-refractivity contribution in [2.75, 3.05) is 0 Å². The highest BCUT2D eigenvalue weighted by atomic mass is 16.1. The molecule has 2 nitrogen and oxygen atoms in total. The average Bonchev–Trinajstić information content (AvgIpc) is 2.82. The fourth-order valence-electron chi connectivity index (χ4n) is 4.54. The largest absolute Gasteiger partial charge is 0.297 e. The number of rotatable bonds is 2. The Morgan fingerprint density at radius 1 is 0.857 bits per heavy atom. The molecule has 0 aromatic heterocycles. The van der Waals surface area contributed by atoms with Crippen molar-refractivity contribution in [1.82, 2.24) is 4.90 Å². The third-order valence-electron chi connectivity index (χ3n) is 5.44. The van der Waals surface area contributed by atoms with Gasteiger partial charge >= 0.3 is 0 Å². The fraction of sp³-hybridized carbons (Fsp3) is 0.947. The lowest BCUT2D eigenvalue weighted by molar-refractivity contribution is -0.134. The van der Waals surface area contributed by atoms with Gasteiger partial charge in [-0.15, -0.1) is 0 Å². The summed E-state index contributed by atoms with van der Waals surface area (Å²) in [5.74, 6) is 1.26. The molecule has 2 fully saturated rings. The van der Waals surface area contributed by atoms with E-state index in [4.69, 9.17) is 0 Å². The van der Waals surface area contributed by atoms with Gasteiger partial charge in [0.05, 0.1) is 6.04 Å². The van der Waals surface area contributed by atoms with E-state index < -0.39 is 0 Å². The number of Topliss-reactive ketones (excluding diaryl/α,β-unsaturated/α-hetero) is 1. The van der Waals surface area contributed by atoms with Crippen LogP contribution in [0.2, 0.25) is 0 Å². The normalized spacial score (nSPS) is 29.8. The van der Waals surface area contributed by atoms with Crippen molar-refractivity contribution in [3.8, 4) is 0 Å². The summed E-state index contributed by atoms with van der Waals surface area (Å²) in [7, 11) is 0. The molecule has 0 amide bonds. The van der Waals surface area contributed by atoms with Crippen LogP contribution in [0.5, 0.6) is 0 Å². The number of likely N-dealkylation sites (tertiary alicyclic amines) is 1. The van der Waals surface area contributed by atoms with Gasteiger partial charge in [0.25, 0.3) is 0 Å². The number of ketones is 1. The van der Waals surface area contributed by atoms with Crippen LogP contribution in [0.3, 0.4) is 0 Å². The van der Waals surface area contributed by atoms with Crippen molar-refractivity contribution >= 4 is 5.78 Å². The Bertz CT molecular complexity index is 368. The van der Waals surface area contributed by atoms with Crippen LogP contribution in [-0.4, -0.2) is 28.3 Å². The average molecular weight is 293 g/mol. The highest BCUT2D eigenvalue weighted by Crippen LogP contribution is 2.42. The molecule has 0 N–H and O–H groups in total. The van der Waals surface area contributed by atoms with Crippen molar-refractivity contribution in [3.63, 3.8) is 0 Å². The van der Waals surface area contributed by atoms with Crippen LogP contribution in [0.1, 0.15) is 86.5 Å². The minimum Gasteiger partial charge on any atom is -0.297 e. The molecule has 0 spiro atoms. The molecule has 122 valence electrons. The molecule has 1 saturated heterocycles. The lowest BCUT2D eigenvalue weighted by atomic mass is 9.81. The summed E-state index contributed by atoms with van der Waals surface area (Å²) in [5, 5.41) is 0. The van der Waals surface area contributed by atoms with Crippen molar-refractivity contribution in [2.24, 2.45) is 11.3 Å². The molecule has 2 aliphatic rings. The molecule has 0 bridgehead atoms. The number of carbonyl (C=O) groups excluding carboxylic acids is 1. The Labute approximate surface area is 131 Å². The predicted molar refractivity (Wildman–Crippen MR) is 89.4 cm³/mol. The van der Waals surface area contributed by atoms with E-state index in [9.17, 15) is 4.79 Å². The zero-order valence-electron chi connectivity index (χ0n) is 15.0. The molecular weight excluding hydrogens is 258 g/mol. The van der Waals surface area contributed by atoms with Gasteiger partial charge in [0.1, 0.15) is 0 Å². The van der Waals surface area contributed by atoms with E-state index >= 15 is 0 Å². The highest BCUT2D eigenvalue weighted by Gasteiger charge is 2.47. The maximum absolute atomic E-state index is 12.9. The summed E-state index contributed by atoms with van der Waals surface area (Å²) in [6.07, 6.45) is 9.20. The third kappa shape index (κ3) is 3.70. The summed E-state index contributed by atoms with van der Waals surface area (Å²) < 4.78 is 0. The maximum Gasteiger partial charge on any atom is 0.155 e. The first kappa shape index (κ1) is 17.0. The van der Waals surface area contributed by atoms with E-state index in [0.717, 1.165) is 12.3 Å². The summed E-state index contributed by atoms with van der Waals surface area (Å²) >= 11 is 0.